The predicted molar refractivity (Wildman–Crippen MR) is 134 cm³/mol. The summed E-state index contributed by atoms with van der Waals surface area (Å²) >= 11 is 3.14. The minimum atomic E-state index is -0.192. The molecule has 170 valence electrons. The van der Waals surface area contributed by atoms with Crippen LogP contribution in [0, 0.1) is 0 Å². The lowest BCUT2D eigenvalue weighted by Crippen LogP contribution is -2.43. The van der Waals surface area contributed by atoms with E-state index in [0.29, 0.717) is 12.6 Å². The molecule has 2 aromatic carbocycles. The Kier molecular flexibility index (Phi) is 9.40. The van der Waals surface area contributed by atoms with Crippen molar-refractivity contribution in [2.45, 2.75) is 30.7 Å². The fourth-order valence-electron chi connectivity index (χ4n) is 3.49. The van der Waals surface area contributed by atoms with Gasteiger partial charge in [-0.25, -0.2) is 4.79 Å². The summed E-state index contributed by atoms with van der Waals surface area (Å²) in [4.78, 5) is 25.5. The van der Waals surface area contributed by atoms with E-state index in [9.17, 15) is 9.59 Å². The molecule has 0 aliphatic carbocycles. The van der Waals surface area contributed by atoms with Crippen molar-refractivity contribution in [1.82, 2.24) is 9.62 Å². The fraction of sp³-hybridized carbons (Fsp3) is 0.333. The highest BCUT2D eigenvalue weighted by Crippen LogP contribution is 2.31. The molecule has 1 fully saturated rings. The molecular weight excluding hydrogens is 442 g/mol. The number of ether oxygens (including phenoxy) is 1. The van der Waals surface area contributed by atoms with Gasteiger partial charge < -0.3 is 15.0 Å². The average molecular weight is 472 g/mol. The Labute approximate surface area is 197 Å². The maximum absolute atomic E-state index is 11.8. The molecule has 32 heavy (non-hydrogen) atoms. The Morgan fingerprint density at radius 3 is 2.53 bits per heavy atom. The summed E-state index contributed by atoms with van der Waals surface area (Å²) in [6.45, 7) is 3.77. The van der Waals surface area contributed by atoms with E-state index in [0.717, 1.165) is 42.8 Å². The summed E-state index contributed by atoms with van der Waals surface area (Å²) in [5, 5.41) is 7.60. The monoisotopic (exact) mass is 471 g/mol. The zero-order valence-electron chi connectivity index (χ0n) is 18.4. The van der Waals surface area contributed by atoms with Gasteiger partial charge in [0.15, 0.2) is 6.29 Å². The summed E-state index contributed by atoms with van der Waals surface area (Å²) in [5.41, 5.74) is 1.14. The van der Waals surface area contributed by atoms with E-state index in [4.69, 9.17) is 4.74 Å². The number of thiophene rings is 1. The molecule has 0 spiro atoms. The molecule has 2 N–H and O–H groups in total. The van der Waals surface area contributed by atoms with Gasteiger partial charge in [-0.15, -0.1) is 11.3 Å². The molecule has 1 aliphatic heterocycles. The van der Waals surface area contributed by atoms with Crippen molar-refractivity contribution >= 4 is 52.1 Å². The molecule has 0 saturated carbocycles. The lowest BCUT2D eigenvalue weighted by Gasteiger charge is -2.31. The van der Waals surface area contributed by atoms with Gasteiger partial charge in [-0.1, -0.05) is 30.3 Å². The van der Waals surface area contributed by atoms with E-state index in [1.165, 1.54) is 27.0 Å². The van der Waals surface area contributed by atoms with Crippen LogP contribution >= 0.6 is 23.3 Å². The summed E-state index contributed by atoms with van der Waals surface area (Å²) in [6.07, 6.45) is 2.55. The second kappa shape index (κ2) is 12.5. The van der Waals surface area contributed by atoms with Crippen LogP contribution in [0.25, 0.3) is 10.8 Å². The van der Waals surface area contributed by atoms with Gasteiger partial charge in [0.05, 0.1) is 11.5 Å². The Balaban J connectivity index is 0.000000352. The number of benzene rings is 2. The molecule has 1 saturated heterocycles. The third kappa shape index (κ3) is 6.48. The van der Waals surface area contributed by atoms with E-state index in [1.807, 2.05) is 25.4 Å². The van der Waals surface area contributed by atoms with Crippen LogP contribution in [0.5, 0.6) is 0 Å². The van der Waals surface area contributed by atoms with E-state index < -0.39 is 0 Å². The smallest absolute Gasteiger partial charge is 0.409 e. The molecule has 2 heterocycles. The molecule has 4 rings (SSSR count). The first kappa shape index (κ1) is 24.1. The summed E-state index contributed by atoms with van der Waals surface area (Å²) in [5.74, 6) is 0. The number of anilines is 1. The van der Waals surface area contributed by atoms with Gasteiger partial charge in [0.25, 0.3) is 0 Å². The predicted octanol–water partition coefficient (Wildman–Crippen LogP) is 5.66. The van der Waals surface area contributed by atoms with Gasteiger partial charge in [0.1, 0.15) is 0 Å². The zero-order chi connectivity index (χ0) is 22.8. The molecule has 3 aromatic rings. The molecule has 0 atom stereocenters. The second-order valence-electron chi connectivity index (χ2n) is 7.22. The Hall–Kier alpha value is -2.55. The fourth-order valence-corrected chi connectivity index (χ4v) is 4.98. The number of carbonyl (C=O) groups is 2. The number of aldehydes is 1. The van der Waals surface area contributed by atoms with Crippen LogP contribution in [0.1, 0.15) is 29.4 Å². The second-order valence-corrected chi connectivity index (χ2v) is 9.08. The van der Waals surface area contributed by atoms with Gasteiger partial charge >= 0.3 is 6.09 Å². The van der Waals surface area contributed by atoms with Crippen molar-refractivity contribution in [3.05, 3.63) is 58.8 Å². The SMILES string of the molecule is CCOC(=O)N1CCC(NSc2cccc3c(NC)cccc23)CC1.O=Cc1cccs1. The topological polar surface area (TPSA) is 70.7 Å². The lowest BCUT2D eigenvalue weighted by atomic mass is 10.1. The molecule has 0 radical (unpaired) electrons. The van der Waals surface area contributed by atoms with Crippen LogP contribution in [-0.2, 0) is 4.74 Å². The number of rotatable bonds is 6. The number of piperidine rings is 1. The molecule has 1 aliphatic rings. The van der Waals surface area contributed by atoms with Crippen molar-refractivity contribution in [3.8, 4) is 0 Å². The van der Waals surface area contributed by atoms with E-state index in [2.05, 4.69) is 46.4 Å². The molecule has 0 unspecified atom stereocenters. The maximum Gasteiger partial charge on any atom is 0.409 e. The molecule has 1 amide bonds. The third-order valence-corrected chi connectivity index (χ3v) is 6.99. The number of hydrogen-bond acceptors (Lipinski definition) is 7. The average Bonchev–Trinajstić information content (AvgIpc) is 3.37. The van der Waals surface area contributed by atoms with Crippen LogP contribution in [0.15, 0.2) is 58.8 Å². The van der Waals surface area contributed by atoms with Crippen LogP contribution in [0.4, 0.5) is 10.5 Å². The molecular formula is C24H29N3O3S2. The van der Waals surface area contributed by atoms with E-state index in [-0.39, 0.29) is 6.09 Å². The first-order valence-corrected chi connectivity index (χ1v) is 12.4. The van der Waals surface area contributed by atoms with Gasteiger partial charge in [-0.05, 0) is 60.7 Å². The standard InChI is InChI=1S/C19H25N3O2S.C5H4OS/c1-3-24-19(23)22-12-10-14(11-13-22)21-25-18-9-5-6-15-16(18)7-4-8-17(15)20-2;6-4-5-2-1-3-7-5/h4-9,14,20-21H,3,10-13H2,1-2H3;1-4H. The highest BCUT2D eigenvalue weighted by Gasteiger charge is 2.23. The molecule has 0 bridgehead atoms. The third-order valence-electron chi connectivity index (χ3n) is 5.17. The number of hydrogen-bond donors (Lipinski definition) is 2. The molecule has 6 nitrogen and oxygen atoms in total. The van der Waals surface area contributed by atoms with Crippen molar-refractivity contribution in [2.24, 2.45) is 0 Å². The quantitative estimate of drug-likeness (QED) is 0.357. The van der Waals surface area contributed by atoms with Gasteiger partial charge in [-0.2, -0.15) is 0 Å². The Morgan fingerprint density at radius 1 is 1.16 bits per heavy atom. The first-order chi connectivity index (χ1) is 15.7. The van der Waals surface area contributed by atoms with Gasteiger partial charge in [0.2, 0.25) is 0 Å². The van der Waals surface area contributed by atoms with Crippen LogP contribution in [0.3, 0.4) is 0 Å². The van der Waals surface area contributed by atoms with Crippen molar-refractivity contribution in [1.29, 1.82) is 0 Å². The van der Waals surface area contributed by atoms with Crippen LogP contribution in [0.2, 0.25) is 0 Å². The summed E-state index contributed by atoms with van der Waals surface area (Å²) in [7, 11) is 1.95. The maximum atomic E-state index is 11.8. The highest BCUT2D eigenvalue weighted by atomic mass is 32.2. The van der Waals surface area contributed by atoms with E-state index >= 15 is 0 Å². The first-order valence-electron chi connectivity index (χ1n) is 10.7. The van der Waals surface area contributed by atoms with Gasteiger partial charge in [-0.3, -0.25) is 9.52 Å². The van der Waals surface area contributed by atoms with E-state index in [1.54, 1.807) is 22.9 Å². The minimum absolute atomic E-state index is 0.192. The van der Waals surface area contributed by atoms with Crippen molar-refractivity contribution in [2.75, 3.05) is 32.1 Å². The zero-order valence-corrected chi connectivity index (χ0v) is 20.0. The molecule has 1 aromatic heterocycles. The largest absolute Gasteiger partial charge is 0.450 e. The van der Waals surface area contributed by atoms with Gasteiger partial charge in [0, 0.05) is 42.1 Å². The number of nitrogens with zero attached hydrogens (tertiary/aromatic N) is 1. The number of nitrogens with one attached hydrogen (secondary N) is 2. The Morgan fingerprint density at radius 2 is 1.91 bits per heavy atom. The van der Waals surface area contributed by atoms with Crippen molar-refractivity contribution < 1.29 is 14.3 Å². The number of likely N-dealkylation sites (tertiary alicyclic amines) is 1. The summed E-state index contributed by atoms with van der Waals surface area (Å²) in [6, 6.07) is 16.8. The number of carbonyl (C=O) groups excluding carboxylic acids is 2. The lowest BCUT2D eigenvalue weighted by molar-refractivity contribution is 0.0967. The number of amides is 1. The van der Waals surface area contributed by atoms with Crippen LogP contribution in [-0.4, -0.2) is 50.1 Å². The summed E-state index contributed by atoms with van der Waals surface area (Å²) < 4.78 is 8.65. The normalized spacial score (nSPS) is 13.9. The number of fused-ring (bicyclic) bond motifs is 1. The Bertz CT molecular complexity index is 1000. The van der Waals surface area contributed by atoms with Crippen LogP contribution < -0.4 is 10.0 Å². The highest BCUT2D eigenvalue weighted by molar-refractivity contribution is 7.97. The minimum Gasteiger partial charge on any atom is -0.450 e. The van der Waals surface area contributed by atoms with Crippen molar-refractivity contribution in [3.63, 3.8) is 0 Å². The molecule has 8 heteroatoms.